The molecule has 0 atom stereocenters. The Morgan fingerprint density at radius 3 is 2.65 bits per heavy atom. The number of hydrogen-bond acceptors (Lipinski definition) is 3. The summed E-state index contributed by atoms with van der Waals surface area (Å²) in [4.78, 5) is 11.0. The van der Waals surface area contributed by atoms with E-state index in [1.54, 1.807) is 19.2 Å². The van der Waals surface area contributed by atoms with Gasteiger partial charge in [-0.3, -0.25) is 4.79 Å². The largest absolute Gasteiger partial charge is 0.493 e. The topological polar surface area (TPSA) is 35.5 Å². The fourth-order valence-electron chi connectivity index (χ4n) is 1.71. The summed E-state index contributed by atoms with van der Waals surface area (Å²) < 4.78 is 12.8. The van der Waals surface area contributed by atoms with Crippen LogP contribution in [-0.2, 0) is 6.61 Å². The molecule has 5 heteroatoms. The summed E-state index contributed by atoms with van der Waals surface area (Å²) in [5.41, 5.74) is 1.61. The molecule has 0 amide bonds. The normalized spacial score (nSPS) is 10.2. The van der Waals surface area contributed by atoms with Crippen molar-refractivity contribution in [3.63, 3.8) is 0 Å². The Hall–Kier alpha value is -1.08. The van der Waals surface area contributed by atoms with Crippen LogP contribution in [-0.4, -0.2) is 13.4 Å². The van der Waals surface area contributed by atoms with Gasteiger partial charge in [-0.25, -0.2) is 0 Å². The molecule has 3 nitrogen and oxygen atoms in total. The summed E-state index contributed by atoms with van der Waals surface area (Å²) in [5.74, 6) is 1.13. The summed E-state index contributed by atoms with van der Waals surface area (Å²) in [6, 6.07) is 11.4. The molecular weight excluding hydrogens is 435 g/mol. The molecule has 104 valence electrons. The number of methoxy groups -OCH3 is 1. The lowest BCUT2D eigenvalue weighted by Gasteiger charge is -2.14. The lowest BCUT2D eigenvalue weighted by atomic mass is 10.2. The minimum atomic E-state index is 0.413. The molecule has 0 fully saturated rings. The summed E-state index contributed by atoms with van der Waals surface area (Å²) >= 11 is 5.65. The number of carbonyl (C=O) groups excluding carboxylic acids is 1. The van der Waals surface area contributed by atoms with Crippen molar-refractivity contribution in [3.05, 3.63) is 55.6 Å². The van der Waals surface area contributed by atoms with Crippen LogP contribution in [0.3, 0.4) is 0 Å². The molecule has 0 bridgehead atoms. The SMILES string of the molecule is COc1ccc(C=O)c(Br)c1OCc1ccccc1I. The minimum absolute atomic E-state index is 0.413. The maximum absolute atomic E-state index is 11.0. The monoisotopic (exact) mass is 446 g/mol. The first-order chi connectivity index (χ1) is 9.67. The van der Waals surface area contributed by atoms with Crippen LogP contribution in [0.2, 0.25) is 0 Å². The standard InChI is InChI=1S/C15H12BrIO3/c1-19-13-7-6-10(8-18)14(16)15(13)20-9-11-4-2-3-5-12(11)17/h2-8H,9H2,1H3. The zero-order valence-electron chi connectivity index (χ0n) is 10.7. The third kappa shape index (κ3) is 3.32. The van der Waals surface area contributed by atoms with Crippen molar-refractivity contribution in [2.24, 2.45) is 0 Å². The van der Waals surface area contributed by atoms with Crippen LogP contribution in [0.4, 0.5) is 0 Å². The molecule has 0 saturated carbocycles. The van der Waals surface area contributed by atoms with Crippen molar-refractivity contribution in [2.45, 2.75) is 6.61 Å². The molecule has 0 spiro atoms. The van der Waals surface area contributed by atoms with Crippen molar-refractivity contribution < 1.29 is 14.3 Å². The van der Waals surface area contributed by atoms with E-state index in [1.807, 2.05) is 24.3 Å². The Kier molecular flexibility index (Phi) is 5.42. The van der Waals surface area contributed by atoms with Crippen molar-refractivity contribution in [3.8, 4) is 11.5 Å². The maximum Gasteiger partial charge on any atom is 0.176 e. The van der Waals surface area contributed by atoms with E-state index in [0.717, 1.165) is 15.4 Å². The molecule has 0 N–H and O–H groups in total. The van der Waals surface area contributed by atoms with Crippen molar-refractivity contribution in [2.75, 3.05) is 7.11 Å². The predicted molar refractivity (Wildman–Crippen MR) is 89.6 cm³/mol. The molecule has 0 aliphatic heterocycles. The second-order valence-electron chi connectivity index (χ2n) is 4.00. The third-order valence-corrected chi connectivity index (χ3v) is 4.64. The zero-order chi connectivity index (χ0) is 14.5. The van der Waals surface area contributed by atoms with Crippen molar-refractivity contribution >= 4 is 44.8 Å². The van der Waals surface area contributed by atoms with E-state index in [1.165, 1.54) is 0 Å². The molecule has 20 heavy (non-hydrogen) atoms. The fourth-order valence-corrected chi connectivity index (χ4v) is 2.78. The number of rotatable bonds is 5. The lowest BCUT2D eigenvalue weighted by Crippen LogP contribution is -2.01. The Balaban J connectivity index is 2.29. The molecule has 0 aliphatic carbocycles. The number of hydrogen-bond donors (Lipinski definition) is 0. The molecule has 2 aromatic rings. The molecule has 0 aromatic heterocycles. The molecular formula is C15H12BrIO3. The van der Waals surface area contributed by atoms with Gasteiger partial charge in [-0.05, 0) is 56.7 Å². The van der Waals surface area contributed by atoms with E-state index < -0.39 is 0 Å². The Bertz CT molecular complexity index is 629. The summed E-state index contributed by atoms with van der Waals surface area (Å²) in [7, 11) is 1.57. The highest BCUT2D eigenvalue weighted by atomic mass is 127. The molecule has 0 aliphatic rings. The lowest BCUT2D eigenvalue weighted by molar-refractivity contribution is 0.112. The predicted octanol–water partition coefficient (Wildman–Crippen LogP) is 4.45. The van der Waals surface area contributed by atoms with E-state index >= 15 is 0 Å². The molecule has 0 heterocycles. The van der Waals surface area contributed by atoms with E-state index in [-0.39, 0.29) is 0 Å². The highest BCUT2D eigenvalue weighted by Crippen LogP contribution is 2.37. The quantitative estimate of drug-likeness (QED) is 0.502. The summed E-state index contributed by atoms with van der Waals surface area (Å²) in [5, 5.41) is 0. The van der Waals surface area contributed by atoms with E-state index in [9.17, 15) is 4.79 Å². The average molecular weight is 447 g/mol. The van der Waals surface area contributed by atoms with Gasteiger partial charge in [0.1, 0.15) is 6.61 Å². The maximum atomic E-state index is 11.0. The first-order valence-corrected chi connectivity index (χ1v) is 7.72. The summed E-state index contributed by atoms with van der Waals surface area (Å²) in [6.45, 7) is 0.413. The van der Waals surface area contributed by atoms with Crippen molar-refractivity contribution in [1.29, 1.82) is 0 Å². The zero-order valence-corrected chi connectivity index (χ0v) is 14.5. The van der Waals surface area contributed by atoms with Crippen LogP contribution in [0.5, 0.6) is 11.5 Å². The highest BCUT2D eigenvalue weighted by molar-refractivity contribution is 14.1. The van der Waals surface area contributed by atoms with Crippen LogP contribution in [0.25, 0.3) is 0 Å². The van der Waals surface area contributed by atoms with Gasteiger partial charge < -0.3 is 9.47 Å². The van der Waals surface area contributed by atoms with Gasteiger partial charge in [-0.15, -0.1) is 0 Å². The first-order valence-electron chi connectivity index (χ1n) is 5.85. The first kappa shape index (κ1) is 15.3. The minimum Gasteiger partial charge on any atom is -0.493 e. The van der Waals surface area contributed by atoms with Gasteiger partial charge in [0.15, 0.2) is 17.8 Å². The van der Waals surface area contributed by atoms with Crippen LogP contribution in [0, 0.1) is 3.57 Å². The third-order valence-electron chi connectivity index (χ3n) is 2.77. The second-order valence-corrected chi connectivity index (χ2v) is 5.95. The van der Waals surface area contributed by atoms with Crippen molar-refractivity contribution in [1.82, 2.24) is 0 Å². The Morgan fingerprint density at radius 1 is 1.25 bits per heavy atom. The molecule has 0 radical (unpaired) electrons. The average Bonchev–Trinajstić information content (AvgIpc) is 2.47. The van der Waals surface area contributed by atoms with Gasteiger partial charge in [0.25, 0.3) is 0 Å². The number of halogens is 2. The number of ether oxygens (including phenoxy) is 2. The van der Waals surface area contributed by atoms with Gasteiger partial charge in [0, 0.05) is 14.7 Å². The summed E-state index contributed by atoms with van der Waals surface area (Å²) in [6.07, 6.45) is 0.780. The molecule has 2 aromatic carbocycles. The molecule has 0 unspecified atom stereocenters. The number of carbonyl (C=O) groups is 1. The van der Waals surface area contributed by atoms with E-state index in [4.69, 9.17) is 9.47 Å². The van der Waals surface area contributed by atoms with Gasteiger partial charge in [0.2, 0.25) is 0 Å². The second kappa shape index (κ2) is 7.08. The molecule has 0 saturated heterocycles. The smallest absolute Gasteiger partial charge is 0.176 e. The van der Waals surface area contributed by atoms with Crippen LogP contribution >= 0.6 is 38.5 Å². The van der Waals surface area contributed by atoms with Crippen LogP contribution < -0.4 is 9.47 Å². The van der Waals surface area contributed by atoms with Gasteiger partial charge in [-0.2, -0.15) is 0 Å². The highest BCUT2D eigenvalue weighted by Gasteiger charge is 2.13. The molecule has 2 rings (SSSR count). The van der Waals surface area contributed by atoms with E-state index in [2.05, 4.69) is 38.5 Å². The van der Waals surface area contributed by atoms with Crippen LogP contribution in [0.1, 0.15) is 15.9 Å². The Labute approximate surface area is 139 Å². The number of benzene rings is 2. The van der Waals surface area contributed by atoms with E-state index in [0.29, 0.717) is 28.1 Å². The van der Waals surface area contributed by atoms with Gasteiger partial charge in [-0.1, -0.05) is 18.2 Å². The fraction of sp³-hybridized carbons (Fsp3) is 0.133. The van der Waals surface area contributed by atoms with Crippen LogP contribution in [0.15, 0.2) is 40.9 Å². The number of aldehydes is 1. The van der Waals surface area contributed by atoms with Gasteiger partial charge in [0.05, 0.1) is 11.6 Å². The van der Waals surface area contributed by atoms with Gasteiger partial charge >= 0.3 is 0 Å². The Morgan fingerprint density at radius 2 is 2.00 bits per heavy atom.